The number of piperidine rings is 1. The van der Waals surface area contributed by atoms with Crippen LogP contribution < -0.4 is 5.32 Å². The molecular weight excluding hydrogens is 344 g/mol. The number of rotatable bonds is 4. The molecule has 1 saturated heterocycles. The van der Waals surface area contributed by atoms with Gasteiger partial charge >= 0.3 is 0 Å². The molecule has 1 saturated carbocycles. The van der Waals surface area contributed by atoms with Crippen molar-refractivity contribution in [1.29, 1.82) is 0 Å². The molecule has 1 amide bonds. The lowest BCUT2D eigenvalue weighted by Gasteiger charge is -2.41. The Kier molecular flexibility index (Phi) is 4.62. The number of nitrogens with one attached hydrogen (secondary N) is 1. The van der Waals surface area contributed by atoms with E-state index in [9.17, 15) is 4.79 Å². The maximum absolute atomic E-state index is 12.4. The third kappa shape index (κ3) is 3.12. The lowest BCUT2D eigenvalue weighted by Crippen LogP contribution is -2.44. The minimum Gasteiger partial charge on any atom is -0.349 e. The molecule has 150 valence electrons. The molecule has 1 heterocycles. The van der Waals surface area contributed by atoms with Crippen molar-refractivity contribution in [2.24, 2.45) is 23.7 Å². The molecular formula is C25H34N2O. The lowest BCUT2D eigenvalue weighted by atomic mass is 9.73. The lowest BCUT2D eigenvalue weighted by molar-refractivity contribution is -0.124. The SMILES string of the molecule is CC(C)C(=O)N[C@H]1CC2(CCN(C[C@H]3C[C@H]4C=C[C@H]3C4)CC2)c2ccccc21. The van der Waals surface area contributed by atoms with Gasteiger partial charge in [-0.3, -0.25) is 4.79 Å². The summed E-state index contributed by atoms with van der Waals surface area (Å²) >= 11 is 0. The Morgan fingerprint density at radius 2 is 1.96 bits per heavy atom. The average Bonchev–Trinajstić information content (AvgIpc) is 3.39. The van der Waals surface area contributed by atoms with Gasteiger partial charge in [-0.05, 0) is 74.1 Å². The zero-order valence-electron chi connectivity index (χ0n) is 17.4. The van der Waals surface area contributed by atoms with Crippen LogP contribution in [0.3, 0.4) is 0 Å². The van der Waals surface area contributed by atoms with Crippen LogP contribution in [0.5, 0.6) is 0 Å². The summed E-state index contributed by atoms with van der Waals surface area (Å²) in [5.41, 5.74) is 3.13. The highest BCUT2D eigenvalue weighted by Gasteiger charge is 2.46. The van der Waals surface area contributed by atoms with Crippen LogP contribution >= 0.6 is 0 Å². The summed E-state index contributed by atoms with van der Waals surface area (Å²) in [4.78, 5) is 15.1. The van der Waals surface area contributed by atoms with Crippen molar-refractivity contribution in [3.63, 3.8) is 0 Å². The molecule has 0 aromatic heterocycles. The summed E-state index contributed by atoms with van der Waals surface area (Å²) in [5, 5.41) is 3.33. The number of fused-ring (bicyclic) bond motifs is 4. The number of nitrogens with zero attached hydrogens (tertiary/aromatic N) is 1. The second kappa shape index (κ2) is 7.02. The van der Waals surface area contributed by atoms with Gasteiger partial charge in [0.25, 0.3) is 0 Å². The summed E-state index contributed by atoms with van der Waals surface area (Å²) in [6, 6.07) is 9.07. The van der Waals surface area contributed by atoms with Crippen molar-refractivity contribution in [3.05, 3.63) is 47.5 Å². The van der Waals surface area contributed by atoms with Gasteiger partial charge in [0.15, 0.2) is 0 Å². The topological polar surface area (TPSA) is 32.3 Å². The maximum atomic E-state index is 12.4. The van der Waals surface area contributed by atoms with Gasteiger partial charge in [-0.2, -0.15) is 0 Å². The molecule has 1 aromatic carbocycles. The Morgan fingerprint density at radius 3 is 2.64 bits per heavy atom. The Bertz CT molecular complexity index is 775. The minimum absolute atomic E-state index is 0.0429. The summed E-state index contributed by atoms with van der Waals surface area (Å²) in [6.45, 7) is 7.66. The fourth-order valence-electron chi connectivity index (χ4n) is 6.43. The molecule has 2 bridgehead atoms. The maximum Gasteiger partial charge on any atom is 0.223 e. The molecule has 3 nitrogen and oxygen atoms in total. The van der Waals surface area contributed by atoms with Gasteiger partial charge in [-0.25, -0.2) is 0 Å². The fraction of sp³-hybridized carbons (Fsp3) is 0.640. The van der Waals surface area contributed by atoms with E-state index in [4.69, 9.17) is 0 Å². The first-order valence-electron chi connectivity index (χ1n) is 11.3. The standard InChI is InChI=1S/C25H34N2O/c1-17(2)24(28)26-23-15-25(22-6-4-3-5-21(22)23)9-11-27(12-10-25)16-20-14-18-7-8-19(20)13-18/h3-8,17-20,23H,9-16H2,1-2H3,(H,26,28)/t18-,19-,20+,23-/m0/s1. The highest BCUT2D eigenvalue weighted by atomic mass is 16.1. The first-order chi connectivity index (χ1) is 13.5. The number of likely N-dealkylation sites (tertiary alicyclic amines) is 1. The van der Waals surface area contributed by atoms with Crippen molar-refractivity contribution < 1.29 is 4.79 Å². The van der Waals surface area contributed by atoms with E-state index in [0.717, 1.165) is 24.2 Å². The number of allylic oxidation sites excluding steroid dienone is 2. The fourth-order valence-corrected chi connectivity index (χ4v) is 6.43. The van der Waals surface area contributed by atoms with Crippen molar-refractivity contribution in [1.82, 2.24) is 10.2 Å². The number of amides is 1. The van der Waals surface area contributed by atoms with E-state index in [2.05, 4.69) is 46.6 Å². The van der Waals surface area contributed by atoms with E-state index in [-0.39, 0.29) is 23.3 Å². The Hall–Kier alpha value is -1.61. The zero-order chi connectivity index (χ0) is 19.3. The number of carbonyl (C=O) groups is 1. The normalized spacial score (nSPS) is 33.0. The third-order valence-corrected chi connectivity index (χ3v) is 8.07. The number of hydrogen-bond acceptors (Lipinski definition) is 2. The zero-order valence-corrected chi connectivity index (χ0v) is 17.4. The van der Waals surface area contributed by atoms with E-state index >= 15 is 0 Å². The monoisotopic (exact) mass is 378 g/mol. The van der Waals surface area contributed by atoms with Gasteiger partial charge in [-0.15, -0.1) is 0 Å². The van der Waals surface area contributed by atoms with Crippen LogP contribution in [0.1, 0.15) is 63.1 Å². The van der Waals surface area contributed by atoms with Crippen LogP contribution in [0.4, 0.5) is 0 Å². The molecule has 2 fully saturated rings. The second-order valence-electron chi connectivity index (χ2n) is 10.1. The molecule has 0 unspecified atom stereocenters. The molecule has 28 heavy (non-hydrogen) atoms. The van der Waals surface area contributed by atoms with E-state index in [1.165, 1.54) is 56.4 Å². The summed E-state index contributed by atoms with van der Waals surface area (Å²) < 4.78 is 0. The molecule has 1 aromatic rings. The molecule has 5 rings (SSSR count). The summed E-state index contributed by atoms with van der Waals surface area (Å²) in [5.74, 6) is 2.83. The highest BCUT2D eigenvalue weighted by molar-refractivity contribution is 5.78. The van der Waals surface area contributed by atoms with Crippen LogP contribution in [0, 0.1) is 23.7 Å². The second-order valence-corrected chi connectivity index (χ2v) is 10.1. The molecule has 4 aliphatic rings. The van der Waals surface area contributed by atoms with E-state index < -0.39 is 0 Å². The Balaban J connectivity index is 1.27. The van der Waals surface area contributed by atoms with Gasteiger partial charge in [0.1, 0.15) is 0 Å². The van der Waals surface area contributed by atoms with Gasteiger partial charge in [0.2, 0.25) is 5.91 Å². The molecule has 1 N–H and O–H groups in total. The quantitative estimate of drug-likeness (QED) is 0.785. The van der Waals surface area contributed by atoms with Crippen LogP contribution in [0.2, 0.25) is 0 Å². The summed E-state index contributed by atoms with van der Waals surface area (Å²) in [7, 11) is 0. The predicted molar refractivity (Wildman–Crippen MR) is 113 cm³/mol. The van der Waals surface area contributed by atoms with Crippen molar-refractivity contribution in [3.8, 4) is 0 Å². The van der Waals surface area contributed by atoms with Crippen LogP contribution in [-0.2, 0) is 10.2 Å². The molecule has 0 radical (unpaired) electrons. The van der Waals surface area contributed by atoms with Crippen LogP contribution in [-0.4, -0.2) is 30.4 Å². The Labute approximate surface area is 169 Å². The number of benzene rings is 1. The highest BCUT2D eigenvalue weighted by Crippen LogP contribution is 2.51. The molecule has 4 atom stereocenters. The third-order valence-electron chi connectivity index (χ3n) is 8.07. The molecule has 3 heteroatoms. The van der Waals surface area contributed by atoms with Crippen molar-refractivity contribution in [2.75, 3.05) is 19.6 Å². The number of hydrogen-bond donors (Lipinski definition) is 1. The molecule has 1 aliphatic heterocycles. The van der Waals surface area contributed by atoms with Crippen LogP contribution in [0.25, 0.3) is 0 Å². The largest absolute Gasteiger partial charge is 0.349 e. The van der Waals surface area contributed by atoms with Gasteiger partial charge in [-0.1, -0.05) is 50.3 Å². The van der Waals surface area contributed by atoms with E-state index in [1.807, 2.05) is 13.8 Å². The van der Waals surface area contributed by atoms with E-state index in [0.29, 0.717) is 0 Å². The molecule has 1 spiro atoms. The van der Waals surface area contributed by atoms with Gasteiger partial charge in [0.05, 0.1) is 6.04 Å². The first kappa shape index (κ1) is 18.4. The Morgan fingerprint density at radius 1 is 1.18 bits per heavy atom. The van der Waals surface area contributed by atoms with E-state index in [1.54, 1.807) is 0 Å². The average molecular weight is 379 g/mol. The van der Waals surface area contributed by atoms with Crippen LogP contribution in [0.15, 0.2) is 36.4 Å². The summed E-state index contributed by atoms with van der Waals surface area (Å²) in [6.07, 6.45) is 11.3. The predicted octanol–water partition coefficient (Wildman–Crippen LogP) is 4.45. The smallest absolute Gasteiger partial charge is 0.223 e. The molecule has 3 aliphatic carbocycles. The van der Waals surface area contributed by atoms with Crippen molar-refractivity contribution >= 4 is 5.91 Å². The number of carbonyl (C=O) groups excluding carboxylic acids is 1. The van der Waals surface area contributed by atoms with Crippen molar-refractivity contribution in [2.45, 2.75) is 57.4 Å². The van der Waals surface area contributed by atoms with Gasteiger partial charge in [0, 0.05) is 17.9 Å². The van der Waals surface area contributed by atoms with Gasteiger partial charge < -0.3 is 10.2 Å². The minimum atomic E-state index is 0.0429. The first-order valence-corrected chi connectivity index (χ1v) is 11.3.